The van der Waals surface area contributed by atoms with Crippen molar-refractivity contribution in [2.45, 2.75) is 50.8 Å². The fourth-order valence-corrected chi connectivity index (χ4v) is 4.65. The summed E-state index contributed by atoms with van der Waals surface area (Å²) in [5, 5.41) is 8.41. The number of nitrogens with zero attached hydrogens (tertiary/aromatic N) is 2. The van der Waals surface area contributed by atoms with Crippen LogP contribution in [-0.4, -0.2) is 48.9 Å². The highest BCUT2D eigenvalue weighted by Gasteiger charge is 2.29. The van der Waals surface area contributed by atoms with Gasteiger partial charge in [-0.3, -0.25) is 14.7 Å². The fourth-order valence-electron chi connectivity index (χ4n) is 4.13. The van der Waals surface area contributed by atoms with Crippen LogP contribution in [0.15, 0.2) is 53.4 Å². The first-order valence-electron chi connectivity index (χ1n) is 11.3. The van der Waals surface area contributed by atoms with E-state index in [9.17, 15) is 18.0 Å². The molecule has 0 bridgehead atoms. The highest BCUT2D eigenvalue weighted by atomic mass is 32.2. The van der Waals surface area contributed by atoms with Crippen molar-refractivity contribution in [2.24, 2.45) is 5.14 Å². The number of sulfonamides is 1. The molecule has 0 aliphatic carbocycles. The second-order valence-corrected chi connectivity index (χ2v) is 10.4. The zero-order valence-corrected chi connectivity index (χ0v) is 20.6. The van der Waals surface area contributed by atoms with Crippen LogP contribution in [-0.2, 0) is 32.5 Å². The third-order valence-electron chi connectivity index (χ3n) is 6.11. The molecule has 3 N–H and O–H groups in total. The Balaban J connectivity index is 1.57. The predicted molar refractivity (Wildman–Crippen MR) is 132 cm³/mol. The van der Waals surface area contributed by atoms with Gasteiger partial charge in [0, 0.05) is 47.9 Å². The normalized spacial score (nSPS) is 15.0. The number of ether oxygens (including phenoxy) is 1. The van der Waals surface area contributed by atoms with E-state index < -0.39 is 28.0 Å². The summed E-state index contributed by atoms with van der Waals surface area (Å²) in [6.45, 7) is 7.14. The van der Waals surface area contributed by atoms with Crippen molar-refractivity contribution in [2.75, 3.05) is 11.9 Å². The van der Waals surface area contributed by atoms with E-state index in [0.717, 1.165) is 24.2 Å². The Morgan fingerprint density at radius 2 is 1.77 bits per heavy atom. The van der Waals surface area contributed by atoms with Crippen molar-refractivity contribution in [3.63, 3.8) is 0 Å². The molecule has 1 aliphatic heterocycles. The van der Waals surface area contributed by atoms with Gasteiger partial charge in [-0.1, -0.05) is 18.2 Å². The molecule has 0 saturated heterocycles. The Hall–Kier alpha value is -3.34. The number of carbonyl (C=O) groups is 2. The average molecular weight is 497 g/mol. The van der Waals surface area contributed by atoms with Crippen molar-refractivity contribution in [1.29, 1.82) is 0 Å². The van der Waals surface area contributed by atoms with Gasteiger partial charge in [0.15, 0.2) is 6.10 Å². The van der Waals surface area contributed by atoms with E-state index in [0.29, 0.717) is 34.7 Å². The van der Waals surface area contributed by atoms with Crippen LogP contribution >= 0.6 is 0 Å². The topological polar surface area (TPSA) is 132 Å². The zero-order valence-electron chi connectivity index (χ0n) is 19.8. The van der Waals surface area contributed by atoms with Crippen LogP contribution in [0, 0.1) is 0 Å². The van der Waals surface area contributed by atoms with Crippen LogP contribution in [0.3, 0.4) is 0 Å². The molecule has 1 aromatic heterocycles. The second-order valence-electron chi connectivity index (χ2n) is 8.85. The first kappa shape index (κ1) is 24.8. The van der Waals surface area contributed by atoms with E-state index in [1.165, 1.54) is 31.2 Å². The number of rotatable bonds is 6. The molecular weight excluding hydrogens is 468 g/mol. The number of fused-ring (bicyclic) bond motifs is 2. The zero-order chi connectivity index (χ0) is 25.3. The van der Waals surface area contributed by atoms with Gasteiger partial charge in [0.1, 0.15) is 0 Å². The van der Waals surface area contributed by atoms with E-state index in [2.05, 4.69) is 24.1 Å². The first-order chi connectivity index (χ1) is 16.5. The quantitative estimate of drug-likeness (QED) is 0.502. The number of nitrogens with two attached hydrogens (primary N) is 1. The molecule has 0 radical (unpaired) electrons. The van der Waals surface area contributed by atoms with Crippen molar-refractivity contribution in [3.8, 4) is 0 Å². The number of nitrogens with one attached hydrogen (secondary N) is 1. The van der Waals surface area contributed by atoms with Crippen LogP contribution in [0.25, 0.3) is 10.9 Å². The number of pyridine rings is 1. The Morgan fingerprint density at radius 1 is 1.09 bits per heavy atom. The van der Waals surface area contributed by atoms with Crippen LogP contribution in [0.2, 0.25) is 0 Å². The summed E-state index contributed by atoms with van der Waals surface area (Å²) in [6.07, 6.45) is -0.365. The molecule has 1 unspecified atom stereocenters. The Labute approximate surface area is 204 Å². The maximum absolute atomic E-state index is 13.4. The SMILES string of the molecule is CC(OC(=O)c1c2c(nc3ccccc13)CCN(C(C)C)C2)C(=O)Nc1ccc(S(N)(=O)=O)cc1. The number of para-hydroxylation sites is 1. The number of anilines is 1. The lowest BCUT2D eigenvalue weighted by Gasteiger charge is -2.32. The molecule has 184 valence electrons. The van der Waals surface area contributed by atoms with E-state index in [1.807, 2.05) is 24.3 Å². The van der Waals surface area contributed by atoms with Gasteiger partial charge < -0.3 is 10.1 Å². The van der Waals surface area contributed by atoms with E-state index in [1.54, 1.807) is 0 Å². The van der Waals surface area contributed by atoms with Crippen molar-refractivity contribution < 1.29 is 22.7 Å². The van der Waals surface area contributed by atoms with Crippen molar-refractivity contribution in [1.82, 2.24) is 9.88 Å². The molecule has 35 heavy (non-hydrogen) atoms. The largest absolute Gasteiger partial charge is 0.449 e. The molecule has 2 aromatic carbocycles. The van der Waals surface area contributed by atoms with Gasteiger partial charge in [0.25, 0.3) is 5.91 Å². The van der Waals surface area contributed by atoms with Gasteiger partial charge in [-0.15, -0.1) is 0 Å². The number of carbonyl (C=O) groups excluding carboxylic acids is 2. The molecule has 1 aliphatic rings. The first-order valence-corrected chi connectivity index (χ1v) is 12.9. The average Bonchev–Trinajstić information content (AvgIpc) is 2.81. The molecule has 0 fully saturated rings. The third kappa shape index (κ3) is 5.34. The van der Waals surface area contributed by atoms with E-state index >= 15 is 0 Å². The number of amides is 1. The second kappa shape index (κ2) is 9.73. The summed E-state index contributed by atoms with van der Waals surface area (Å²) in [7, 11) is -3.84. The highest BCUT2D eigenvalue weighted by Crippen LogP contribution is 2.30. The molecule has 1 amide bonds. The van der Waals surface area contributed by atoms with Gasteiger partial charge in [0.05, 0.1) is 16.0 Å². The lowest BCUT2D eigenvalue weighted by Crippen LogP contribution is -2.37. The Kier molecular flexibility index (Phi) is 6.88. The van der Waals surface area contributed by atoms with Crippen LogP contribution in [0.4, 0.5) is 5.69 Å². The molecule has 3 aromatic rings. The number of esters is 1. The number of benzene rings is 2. The fraction of sp³-hybridized carbons (Fsp3) is 0.320. The minimum absolute atomic E-state index is 0.0697. The number of aromatic nitrogens is 1. The summed E-state index contributed by atoms with van der Waals surface area (Å²) in [5.74, 6) is -1.13. The maximum atomic E-state index is 13.4. The minimum atomic E-state index is -3.84. The molecule has 1 atom stereocenters. The molecule has 0 spiro atoms. The molecule has 2 heterocycles. The summed E-state index contributed by atoms with van der Waals surface area (Å²) in [6, 6.07) is 13.1. The summed E-state index contributed by atoms with van der Waals surface area (Å²) >= 11 is 0. The molecule has 0 saturated carbocycles. The number of hydrogen-bond acceptors (Lipinski definition) is 7. The van der Waals surface area contributed by atoms with Gasteiger partial charge in [-0.05, 0) is 51.1 Å². The third-order valence-corrected chi connectivity index (χ3v) is 7.04. The molecule has 10 heteroatoms. The smallest absolute Gasteiger partial charge is 0.339 e. The van der Waals surface area contributed by atoms with E-state index in [4.69, 9.17) is 14.9 Å². The lowest BCUT2D eigenvalue weighted by atomic mass is 9.95. The van der Waals surface area contributed by atoms with Crippen LogP contribution in [0.1, 0.15) is 42.4 Å². The molecule has 9 nitrogen and oxygen atoms in total. The number of primary sulfonamides is 1. The van der Waals surface area contributed by atoms with Crippen LogP contribution in [0.5, 0.6) is 0 Å². The van der Waals surface area contributed by atoms with Crippen LogP contribution < -0.4 is 10.5 Å². The van der Waals surface area contributed by atoms with Crippen molar-refractivity contribution in [3.05, 3.63) is 65.4 Å². The van der Waals surface area contributed by atoms with Crippen molar-refractivity contribution >= 4 is 38.5 Å². The van der Waals surface area contributed by atoms with Gasteiger partial charge in [-0.2, -0.15) is 0 Å². The Bertz CT molecular complexity index is 1390. The monoisotopic (exact) mass is 496 g/mol. The summed E-state index contributed by atoms with van der Waals surface area (Å²) < 4.78 is 28.4. The highest BCUT2D eigenvalue weighted by molar-refractivity contribution is 7.89. The van der Waals surface area contributed by atoms with E-state index in [-0.39, 0.29) is 4.90 Å². The van der Waals surface area contributed by atoms with Gasteiger partial charge >= 0.3 is 5.97 Å². The Morgan fingerprint density at radius 3 is 2.43 bits per heavy atom. The maximum Gasteiger partial charge on any atom is 0.339 e. The number of hydrogen-bond donors (Lipinski definition) is 2. The van der Waals surface area contributed by atoms with Gasteiger partial charge in [-0.25, -0.2) is 18.4 Å². The minimum Gasteiger partial charge on any atom is -0.449 e. The molecule has 4 rings (SSSR count). The van der Waals surface area contributed by atoms with Gasteiger partial charge in [0.2, 0.25) is 10.0 Å². The summed E-state index contributed by atoms with van der Waals surface area (Å²) in [4.78, 5) is 33.1. The standard InChI is InChI=1S/C25H28N4O5S/c1-15(2)29-13-12-22-20(14-29)23(19-6-4-5-7-21(19)28-22)25(31)34-16(3)24(30)27-17-8-10-18(11-9-17)35(26,32)33/h4-11,15-16H,12-14H2,1-3H3,(H,27,30)(H2,26,32,33). The summed E-state index contributed by atoms with van der Waals surface area (Å²) in [5.41, 5.74) is 3.21. The lowest BCUT2D eigenvalue weighted by molar-refractivity contribution is -0.123. The molecular formula is C25H28N4O5S. The predicted octanol–water partition coefficient (Wildman–Crippen LogP) is 2.83.